The highest BCUT2D eigenvalue weighted by Gasteiger charge is 2.15. The van der Waals surface area contributed by atoms with Gasteiger partial charge in [-0.25, -0.2) is 0 Å². The minimum absolute atomic E-state index is 0.129. The third-order valence-corrected chi connectivity index (χ3v) is 4.68. The number of carbonyl (C=O) groups excluding carboxylic acids is 1. The molecule has 1 aromatic carbocycles. The lowest BCUT2D eigenvalue weighted by atomic mass is 9.84. The van der Waals surface area contributed by atoms with Crippen molar-refractivity contribution < 1.29 is 9.53 Å². The molecule has 0 saturated carbocycles. The van der Waals surface area contributed by atoms with E-state index in [2.05, 4.69) is 32.1 Å². The standard InChI is InChI=1S/C21H30O2/c1-3-5-7-17-9-11-18(12-10-17)19-13-15-20(16-14-19)23-21(22)8-6-4-2/h11,13-17H,3-10,12H2,1-2H3. The van der Waals surface area contributed by atoms with Crippen molar-refractivity contribution in [3.63, 3.8) is 0 Å². The van der Waals surface area contributed by atoms with Gasteiger partial charge in [0, 0.05) is 6.42 Å². The van der Waals surface area contributed by atoms with Gasteiger partial charge in [-0.1, -0.05) is 57.7 Å². The molecule has 0 N–H and O–H groups in total. The number of hydrogen-bond donors (Lipinski definition) is 0. The second-order valence-electron chi connectivity index (χ2n) is 6.61. The molecular weight excluding hydrogens is 284 g/mol. The van der Waals surface area contributed by atoms with Crippen molar-refractivity contribution in [3.05, 3.63) is 35.9 Å². The molecule has 2 rings (SSSR count). The van der Waals surface area contributed by atoms with E-state index in [1.165, 1.54) is 49.7 Å². The number of ether oxygens (including phenoxy) is 1. The van der Waals surface area contributed by atoms with Crippen LogP contribution >= 0.6 is 0 Å². The number of unbranched alkanes of at least 4 members (excludes halogenated alkanes) is 2. The fourth-order valence-electron chi connectivity index (χ4n) is 3.15. The third kappa shape index (κ3) is 5.85. The molecule has 1 aromatic rings. The van der Waals surface area contributed by atoms with Gasteiger partial charge in [-0.2, -0.15) is 0 Å². The highest BCUT2D eigenvalue weighted by Crippen LogP contribution is 2.33. The van der Waals surface area contributed by atoms with Crippen LogP contribution in [0.25, 0.3) is 5.57 Å². The van der Waals surface area contributed by atoms with Crippen LogP contribution in [0.4, 0.5) is 0 Å². The summed E-state index contributed by atoms with van der Waals surface area (Å²) in [7, 11) is 0. The van der Waals surface area contributed by atoms with Crippen molar-refractivity contribution >= 4 is 11.5 Å². The second-order valence-corrected chi connectivity index (χ2v) is 6.61. The Bertz CT molecular complexity index is 513. The van der Waals surface area contributed by atoms with Gasteiger partial charge in [-0.15, -0.1) is 0 Å². The molecule has 0 aromatic heterocycles. The van der Waals surface area contributed by atoms with Gasteiger partial charge in [0.2, 0.25) is 0 Å². The quantitative estimate of drug-likeness (QED) is 0.424. The first-order valence-electron chi connectivity index (χ1n) is 9.23. The van der Waals surface area contributed by atoms with Gasteiger partial charge < -0.3 is 4.74 Å². The molecule has 0 spiro atoms. The van der Waals surface area contributed by atoms with Crippen LogP contribution in [0.5, 0.6) is 5.75 Å². The van der Waals surface area contributed by atoms with Crippen LogP contribution in [0.2, 0.25) is 0 Å². The monoisotopic (exact) mass is 314 g/mol. The van der Waals surface area contributed by atoms with Crippen molar-refractivity contribution in [3.8, 4) is 5.75 Å². The van der Waals surface area contributed by atoms with Crippen LogP contribution in [-0.4, -0.2) is 5.97 Å². The molecule has 0 fully saturated rings. The van der Waals surface area contributed by atoms with Crippen LogP contribution < -0.4 is 4.74 Å². The third-order valence-electron chi connectivity index (χ3n) is 4.68. The van der Waals surface area contributed by atoms with Crippen LogP contribution in [0.1, 0.15) is 77.2 Å². The number of allylic oxidation sites excluding steroid dienone is 2. The molecule has 1 atom stereocenters. The zero-order chi connectivity index (χ0) is 16.5. The Morgan fingerprint density at radius 2 is 1.87 bits per heavy atom. The molecule has 0 aliphatic heterocycles. The van der Waals surface area contributed by atoms with Crippen molar-refractivity contribution in [1.29, 1.82) is 0 Å². The van der Waals surface area contributed by atoms with E-state index in [9.17, 15) is 4.79 Å². The van der Waals surface area contributed by atoms with Crippen molar-refractivity contribution in [2.24, 2.45) is 5.92 Å². The lowest BCUT2D eigenvalue weighted by Crippen LogP contribution is -2.07. The molecule has 1 unspecified atom stereocenters. The van der Waals surface area contributed by atoms with Gasteiger partial charge in [0.25, 0.3) is 0 Å². The molecule has 23 heavy (non-hydrogen) atoms. The highest BCUT2D eigenvalue weighted by atomic mass is 16.5. The normalized spacial score (nSPS) is 17.7. The first-order chi connectivity index (χ1) is 11.2. The van der Waals surface area contributed by atoms with Crippen LogP contribution in [0.3, 0.4) is 0 Å². The Hall–Kier alpha value is -1.57. The maximum absolute atomic E-state index is 11.6. The molecule has 1 aliphatic rings. The van der Waals surface area contributed by atoms with E-state index >= 15 is 0 Å². The fourth-order valence-corrected chi connectivity index (χ4v) is 3.15. The van der Waals surface area contributed by atoms with Gasteiger partial charge in [-0.3, -0.25) is 4.79 Å². The van der Waals surface area contributed by atoms with Crippen LogP contribution in [0, 0.1) is 5.92 Å². The molecule has 0 bridgehead atoms. The highest BCUT2D eigenvalue weighted by molar-refractivity contribution is 5.73. The number of rotatable bonds is 8. The maximum atomic E-state index is 11.6. The van der Waals surface area contributed by atoms with E-state index in [1.807, 2.05) is 12.1 Å². The summed E-state index contributed by atoms with van der Waals surface area (Å²) in [5.74, 6) is 1.40. The second kappa shape index (κ2) is 9.54. The zero-order valence-corrected chi connectivity index (χ0v) is 14.6. The van der Waals surface area contributed by atoms with Crippen LogP contribution in [-0.2, 0) is 4.79 Å². The lowest BCUT2D eigenvalue weighted by molar-refractivity contribution is -0.134. The van der Waals surface area contributed by atoms with Crippen molar-refractivity contribution in [2.45, 2.75) is 71.6 Å². The van der Waals surface area contributed by atoms with E-state index in [0.29, 0.717) is 12.2 Å². The molecule has 2 heteroatoms. The van der Waals surface area contributed by atoms with E-state index < -0.39 is 0 Å². The average molecular weight is 314 g/mol. The minimum Gasteiger partial charge on any atom is -0.427 e. The lowest BCUT2D eigenvalue weighted by Gasteiger charge is -2.22. The number of esters is 1. The Morgan fingerprint density at radius 3 is 2.48 bits per heavy atom. The Morgan fingerprint density at radius 1 is 1.13 bits per heavy atom. The molecule has 0 saturated heterocycles. The number of benzene rings is 1. The van der Waals surface area contributed by atoms with Gasteiger partial charge >= 0.3 is 5.97 Å². The Kier molecular flexibility index (Phi) is 7.38. The Labute approximate surface area is 140 Å². The fraction of sp³-hybridized carbons (Fsp3) is 0.571. The van der Waals surface area contributed by atoms with Gasteiger partial charge in [0.05, 0.1) is 0 Å². The molecule has 126 valence electrons. The number of carbonyl (C=O) groups is 1. The van der Waals surface area contributed by atoms with Crippen LogP contribution in [0.15, 0.2) is 30.3 Å². The van der Waals surface area contributed by atoms with E-state index in [1.54, 1.807) is 0 Å². The van der Waals surface area contributed by atoms with Gasteiger partial charge in [-0.05, 0) is 54.9 Å². The van der Waals surface area contributed by atoms with E-state index in [-0.39, 0.29) is 5.97 Å². The molecule has 2 nitrogen and oxygen atoms in total. The predicted octanol–water partition coefficient (Wildman–Crippen LogP) is 6.16. The van der Waals surface area contributed by atoms with Crippen molar-refractivity contribution in [2.75, 3.05) is 0 Å². The molecule has 0 radical (unpaired) electrons. The molecular formula is C21H30O2. The summed E-state index contributed by atoms with van der Waals surface area (Å²) in [5.41, 5.74) is 2.72. The zero-order valence-electron chi connectivity index (χ0n) is 14.6. The predicted molar refractivity (Wildman–Crippen MR) is 96.4 cm³/mol. The smallest absolute Gasteiger partial charge is 0.311 e. The topological polar surface area (TPSA) is 26.3 Å². The maximum Gasteiger partial charge on any atom is 0.311 e. The summed E-state index contributed by atoms with van der Waals surface area (Å²) in [6.07, 6.45) is 12.5. The van der Waals surface area contributed by atoms with Gasteiger partial charge in [0.1, 0.15) is 5.75 Å². The SMILES string of the molecule is CCCCC(=O)Oc1ccc(C2=CCC(CCCC)CC2)cc1. The summed E-state index contributed by atoms with van der Waals surface area (Å²) in [6.45, 7) is 4.34. The average Bonchev–Trinajstić information content (AvgIpc) is 2.59. The first kappa shape index (κ1) is 17.8. The molecule has 0 amide bonds. The molecule has 0 heterocycles. The summed E-state index contributed by atoms with van der Waals surface area (Å²) in [6, 6.07) is 8.01. The summed E-state index contributed by atoms with van der Waals surface area (Å²) < 4.78 is 5.36. The molecule has 1 aliphatic carbocycles. The van der Waals surface area contributed by atoms with E-state index in [0.717, 1.165) is 18.8 Å². The largest absolute Gasteiger partial charge is 0.427 e. The number of hydrogen-bond acceptors (Lipinski definition) is 2. The van der Waals surface area contributed by atoms with Crippen molar-refractivity contribution in [1.82, 2.24) is 0 Å². The minimum atomic E-state index is -0.129. The summed E-state index contributed by atoms with van der Waals surface area (Å²) in [5, 5.41) is 0. The summed E-state index contributed by atoms with van der Waals surface area (Å²) >= 11 is 0. The van der Waals surface area contributed by atoms with Gasteiger partial charge in [0.15, 0.2) is 0 Å². The Balaban J connectivity index is 1.87. The van der Waals surface area contributed by atoms with E-state index in [4.69, 9.17) is 4.74 Å². The first-order valence-corrected chi connectivity index (χ1v) is 9.23. The summed E-state index contributed by atoms with van der Waals surface area (Å²) in [4.78, 5) is 11.6.